The zero-order valence-corrected chi connectivity index (χ0v) is 12.0. The van der Waals surface area contributed by atoms with Gasteiger partial charge >= 0.3 is 0 Å². The van der Waals surface area contributed by atoms with Crippen molar-refractivity contribution in [3.63, 3.8) is 0 Å². The highest BCUT2D eigenvalue weighted by atomic mass is 32.1. The minimum atomic E-state index is -0.0398. The lowest BCUT2D eigenvalue weighted by Crippen LogP contribution is -2.41. The molecule has 0 aromatic carbocycles. The molecule has 0 saturated heterocycles. The molecule has 1 saturated carbocycles. The molecule has 3 rings (SSSR count). The third kappa shape index (κ3) is 2.90. The lowest BCUT2D eigenvalue weighted by molar-refractivity contribution is 0.0590. The van der Waals surface area contributed by atoms with Crippen molar-refractivity contribution < 1.29 is 9.21 Å². The number of hydrogen-bond acceptors (Lipinski definition) is 5. The highest BCUT2D eigenvalue weighted by Gasteiger charge is 2.28. The van der Waals surface area contributed by atoms with Crippen LogP contribution in [-0.2, 0) is 6.54 Å². The summed E-state index contributed by atoms with van der Waals surface area (Å²) in [7, 11) is 0. The zero-order valence-electron chi connectivity index (χ0n) is 11.2. The molecular formula is C14H17N3O2S. The Bertz CT molecular complexity index is 533. The van der Waals surface area contributed by atoms with Crippen molar-refractivity contribution >= 4 is 17.4 Å². The zero-order chi connectivity index (χ0) is 13.8. The molecule has 2 heterocycles. The van der Waals surface area contributed by atoms with Crippen LogP contribution in [0.25, 0.3) is 0 Å². The van der Waals surface area contributed by atoms with Crippen molar-refractivity contribution in [1.29, 1.82) is 0 Å². The Morgan fingerprint density at radius 1 is 1.40 bits per heavy atom. The highest BCUT2D eigenvalue weighted by Crippen LogP contribution is 2.25. The van der Waals surface area contributed by atoms with Gasteiger partial charge in [-0.3, -0.25) is 4.79 Å². The maximum atomic E-state index is 12.6. The third-order valence-corrected chi connectivity index (χ3v) is 4.27. The van der Waals surface area contributed by atoms with Crippen LogP contribution in [-0.4, -0.2) is 26.4 Å². The summed E-state index contributed by atoms with van der Waals surface area (Å²) in [5, 5.41) is 5.62. The fourth-order valence-corrected chi connectivity index (χ4v) is 3.16. The van der Waals surface area contributed by atoms with Gasteiger partial charge < -0.3 is 9.32 Å². The largest absolute Gasteiger partial charge is 0.467 e. The van der Waals surface area contributed by atoms with Gasteiger partial charge in [0, 0.05) is 11.4 Å². The fourth-order valence-electron chi connectivity index (χ4n) is 2.73. The molecule has 0 aliphatic heterocycles. The minimum absolute atomic E-state index is 0.0398. The number of nitrogens with zero attached hydrogens (tertiary/aromatic N) is 3. The molecule has 1 fully saturated rings. The summed E-state index contributed by atoms with van der Waals surface area (Å²) < 4.78 is 9.18. The maximum absolute atomic E-state index is 12.6. The quantitative estimate of drug-likeness (QED) is 0.868. The minimum Gasteiger partial charge on any atom is -0.467 e. The summed E-state index contributed by atoms with van der Waals surface area (Å²) in [6.45, 7) is 0.508. The molecule has 1 amide bonds. The lowest BCUT2D eigenvalue weighted by atomic mass is 9.94. The standard InChI is InChI=1S/C14H17N3O2S/c18-14(13-10-20-16-15-13)17(9-12-7-4-8-19-12)11-5-2-1-3-6-11/h4,7-8,10-11H,1-3,5-6,9H2. The summed E-state index contributed by atoms with van der Waals surface area (Å²) in [6, 6.07) is 4.04. The van der Waals surface area contributed by atoms with Crippen molar-refractivity contribution in [3.05, 3.63) is 35.2 Å². The second kappa shape index (κ2) is 6.17. The normalized spacial score (nSPS) is 16.2. The Morgan fingerprint density at radius 3 is 2.90 bits per heavy atom. The molecule has 2 aromatic rings. The molecule has 0 N–H and O–H groups in total. The van der Waals surface area contributed by atoms with Crippen LogP contribution >= 0.6 is 11.5 Å². The van der Waals surface area contributed by atoms with Crippen molar-refractivity contribution in [2.24, 2.45) is 0 Å². The van der Waals surface area contributed by atoms with Crippen LogP contribution in [0.4, 0.5) is 0 Å². The van der Waals surface area contributed by atoms with Crippen molar-refractivity contribution in [3.8, 4) is 0 Å². The first-order valence-corrected chi connectivity index (χ1v) is 7.78. The number of aromatic nitrogens is 2. The van der Waals surface area contributed by atoms with Crippen molar-refractivity contribution in [2.75, 3.05) is 0 Å². The number of carbonyl (C=O) groups is 1. The van der Waals surface area contributed by atoms with Gasteiger partial charge in [0.15, 0.2) is 5.69 Å². The van der Waals surface area contributed by atoms with E-state index in [1.807, 2.05) is 17.0 Å². The fraction of sp³-hybridized carbons (Fsp3) is 0.500. The van der Waals surface area contributed by atoms with E-state index in [-0.39, 0.29) is 11.9 Å². The molecular weight excluding hydrogens is 274 g/mol. The van der Waals surface area contributed by atoms with Gasteiger partial charge in [-0.2, -0.15) is 0 Å². The average Bonchev–Trinajstić information content (AvgIpc) is 3.18. The summed E-state index contributed by atoms with van der Waals surface area (Å²) in [4.78, 5) is 14.5. The first-order valence-electron chi connectivity index (χ1n) is 6.95. The van der Waals surface area contributed by atoms with Gasteiger partial charge in [0.05, 0.1) is 12.8 Å². The smallest absolute Gasteiger partial charge is 0.275 e. The number of furan rings is 1. The summed E-state index contributed by atoms with van der Waals surface area (Å²) in [5.74, 6) is 0.772. The Kier molecular flexibility index (Phi) is 4.11. The van der Waals surface area contributed by atoms with E-state index in [1.54, 1.807) is 11.6 Å². The van der Waals surface area contributed by atoms with Gasteiger partial charge in [0.2, 0.25) is 0 Å². The van der Waals surface area contributed by atoms with Crippen LogP contribution in [0.5, 0.6) is 0 Å². The van der Waals surface area contributed by atoms with Crippen LogP contribution < -0.4 is 0 Å². The van der Waals surface area contributed by atoms with E-state index in [0.717, 1.165) is 18.6 Å². The molecule has 1 aliphatic carbocycles. The van der Waals surface area contributed by atoms with Crippen LogP contribution in [0.15, 0.2) is 28.2 Å². The molecule has 0 unspecified atom stereocenters. The topological polar surface area (TPSA) is 59.2 Å². The number of rotatable bonds is 4. The van der Waals surface area contributed by atoms with E-state index in [9.17, 15) is 4.79 Å². The lowest BCUT2D eigenvalue weighted by Gasteiger charge is -2.33. The van der Waals surface area contributed by atoms with Crippen molar-refractivity contribution in [2.45, 2.75) is 44.7 Å². The third-order valence-electron chi connectivity index (χ3n) is 3.76. The van der Waals surface area contributed by atoms with Gasteiger partial charge in [0.1, 0.15) is 5.76 Å². The first kappa shape index (κ1) is 13.3. The van der Waals surface area contributed by atoms with E-state index < -0.39 is 0 Å². The van der Waals surface area contributed by atoms with Crippen molar-refractivity contribution in [1.82, 2.24) is 14.5 Å². The maximum Gasteiger partial charge on any atom is 0.275 e. The predicted octanol–water partition coefficient (Wildman–Crippen LogP) is 3.11. The van der Waals surface area contributed by atoms with Gasteiger partial charge in [-0.1, -0.05) is 23.8 Å². The van der Waals surface area contributed by atoms with Crippen LogP contribution in [0.1, 0.15) is 48.4 Å². The SMILES string of the molecule is O=C(c1csnn1)N(Cc1ccco1)C1CCCCC1. The Balaban J connectivity index is 1.80. The summed E-state index contributed by atoms with van der Waals surface area (Å²) in [5.41, 5.74) is 0.437. The van der Waals surface area contributed by atoms with E-state index in [2.05, 4.69) is 9.59 Å². The van der Waals surface area contributed by atoms with E-state index >= 15 is 0 Å². The van der Waals surface area contributed by atoms with E-state index in [0.29, 0.717) is 12.2 Å². The second-order valence-corrected chi connectivity index (χ2v) is 5.70. The predicted molar refractivity (Wildman–Crippen MR) is 75.4 cm³/mol. The molecule has 20 heavy (non-hydrogen) atoms. The number of carbonyl (C=O) groups excluding carboxylic acids is 1. The molecule has 106 valence electrons. The van der Waals surface area contributed by atoms with Gasteiger partial charge in [0.25, 0.3) is 5.91 Å². The van der Waals surface area contributed by atoms with E-state index in [4.69, 9.17) is 4.42 Å². The molecule has 0 spiro atoms. The Labute approximate surface area is 121 Å². The van der Waals surface area contributed by atoms with Gasteiger partial charge in [-0.25, -0.2) is 0 Å². The first-order chi connectivity index (χ1) is 9.84. The van der Waals surface area contributed by atoms with Crippen LogP contribution in [0.3, 0.4) is 0 Å². The Hall–Kier alpha value is -1.69. The molecule has 0 radical (unpaired) electrons. The van der Waals surface area contributed by atoms with Crippen LogP contribution in [0.2, 0.25) is 0 Å². The molecule has 2 aromatic heterocycles. The molecule has 6 heteroatoms. The molecule has 0 atom stereocenters. The van der Waals surface area contributed by atoms with Gasteiger partial charge in [-0.15, -0.1) is 5.10 Å². The number of amides is 1. The summed E-state index contributed by atoms with van der Waals surface area (Å²) in [6.07, 6.45) is 7.39. The molecule has 5 nitrogen and oxygen atoms in total. The second-order valence-electron chi connectivity index (χ2n) is 5.09. The van der Waals surface area contributed by atoms with Gasteiger partial charge in [-0.05, 0) is 36.5 Å². The molecule has 1 aliphatic rings. The monoisotopic (exact) mass is 291 g/mol. The van der Waals surface area contributed by atoms with E-state index in [1.165, 1.54) is 30.8 Å². The summed E-state index contributed by atoms with van der Waals surface area (Å²) >= 11 is 1.21. The molecule has 0 bridgehead atoms. The number of hydrogen-bond donors (Lipinski definition) is 0. The highest BCUT2D eigenvalue weighted by molar-refractivity contribution is 7.03. The van der Waals surface area contributed by atoms with Crippen LogP contribution in [0, 0.1) is 0 Å². The average molecular weight is 291 g/mol. The Morgan fingerprint density at radius 2 is 2.25 bits per heavy atom.